The Balaban J connectivity index is 1.55. The molecule has 1 saturated carbocycles. The molecule has 0 unspecified atom stereocenters. The van der Waals surface area contributed by atoms with Gasteiger partial charge in [-0.1, -0.05) is 12.8 Å². The molecule has 0 aliphatic heterocycles. The van der Waals surface area contributed by atoms with Gasteiger partial charge in [-0.3, -0.25) is 4.79 Å². The van der Waals surface area contributed by atoms with Gasteiger partial charge >= 0.3 is 0 Å². The summed E-state index contributed by atoms with van der Waals surface area (Å²) in [5, 5.41) is 12.5. The number of hydrogen-bond acceptors (Lipinski definition) is 4. The highest BCUT2D eigenvalue weighted by molar-refractivity contribution is 5.77. The molecule has 0 spiro atoms. The third-order valence-electron chi connectivity index (χ3n) is 4.52. The highest BCUT2D eigenvalue weighted by Crippen LogP contribution is 2.29. The van der Waals surface area contributed by atoms with Crippen LogP contribution in [0.4, 0.5) is 4.39 Å². The van der Waals surface area contributed by atoms with Crippen LogP contribution in [0.1, 0.15) is 38.0 Å². The van der Waals surface area contributed by atoms with Crippen molar-refractivity contribution in [1.29, 1.82) is 0 Å². The summed E-state index contributed by atoms with van der Waals surface area (Å²) in [5.41, 5.74) is 0.289. The molecule has 1 aliphatic carbocycles. The highest BCUT2D eigenvalue weighted by Gasteiger charge is 2.34. The van der Waals surface area contributed by atoms with Gasteiger partial charge in [0.15, 0.2) is 11.7 Å². The lowest BCUT2D eigenvalue weighted by Crippen LogP contribution is -2.49. The first-order valence-corrected chi connectivity index (χ1v) is 8.23. The van der Waals surface area contributed by atoms with Gasteiger partial charge in [0.2, 0.25) is 5.91 Å². The van der Waals surface area contributed by atoms with Crippen LogP contribution >= 0.6 is 0 Å². The summed E-state index contributed by atoms with van der Waals surface area (Å²) >= 11 is 0. The Morgan fingerprint density at radius 3 is 2.67 bits per heavy atom. The monoisotopic (exact) mass is 332 g/mol. The molecule has 2 aromatic rings. The number of oxazole rings is 1. The molecule has 1 aromatic heterocycles. The van der Waals surface area contributed by atoms with Crippen molar-refractivity contribution in [2.75, 3.05) is 6.61 Å². The van der Waals surface area contributed by atoms with Gasteiger partial charge in [-0.25, -0.2) is 9.37 Å². The maximum absolute atomic E-state index is 12.9. The van der Waals surface area contributed by atoms with Crippen molar-refractivity contribution in [1.82, 2.24) is 10.3 Å². The average molecular weight is 332 g/mol. The lowest BCUT2D eigenvalue weighted by atomic mass is 9.98. The SMILES string of the molecule is O=C(CCc1ncc(-c2ccc(F)cc2)o1)NC1(CO)CCCC1. The Kier molecular flexibility index (Phi) is 4.94. The number of aliphatic hydroxyl groups is 1. The number of nitrogens with zero attached hydrogens (tertiary/aromatic N) is 1. The fraction of sp³-hybridized carbons (Fsp3) is 0.444. The fourth-order valence-corrected chi connectivity index (χ4v) is 3.13. The van der Waals surface area contributed by atoms with Crippen LogP contribution in [-0.2, 0) is 11.2 Å². The average Bonchev–Trinajstić information content (AvgIpc) is 3.24. The molecule has 1 amide bonds. The van der Waals surface area contributed by atoms with E-state index in [-0.39, 0.29) is 24.8 Å². The van der Waals surface area contributed by atoms with Gasteiger partial charge in [-0.2, -0.15) is 0 Å². The van der Waals surface area contributed by atoms with Crippen molar-refractivity contribution in [3.63, 3.8) is 0 Å². The lowest BCUT2D eigenvalue weighted by Gasteiger charge is -2.27. The van der Waals surface area contributed by atoms with Crippen molar-refractivity contribution in [3.05, 3.63) is 42.2 Å². The number of nitrogens with one attached hydrogen (secondary N) is 1. The van der Waals surface area contributed by atoms with Gasteiger partial charge in [0.25, 0.3) is 0 Å². The van der Waals surface area contributed by atoms with Crippen molar-refractivity contribution in [2.24, 2.45) is 0 Å². The minimum Gasteiger partial charge on any atom is -0.441 e. The van der Waals surface area contributed by atoms with Crippen LogP contribution in [0.25, 0.3) is 11.3 Å². The summed E-state index contributed by atoms with van der Waals surface area (Å²) in [4.78, 5) is 16.3. The van der Waals surface area contributed by atoms with Gasteiger partial charge in [0, 0.05) is 18.4 Å². The van der Waals surface area contributed by atoms with Gasteiger partial charge in [0.05, 0.1) is 18.3 Å². The van der Waals surface area contributed by atoms with Crippen LogP contribution in [0.3, 0.4) is 0 Å². The quantitative estimate of drug-likeness (QED) is 0.853. The zero-order chi connectivity index (χ0) is 17.0. The van der Waals surface area contributed by atoms with Crippen molar-refractivity contribution in [3.8, 4) is 11.3 Å². The number of aryl methyl sites for hydroxylation is 1. The number of aromatic nitrogens is 1. The molecular formula is C18H21FN2O3. The summed E-state index contributed by atoms with van der Waals surface area (Å²) in [5.74, 6) is 0.606. The maximum Gasteiger partial charge on any atom is 0.221 e. The van der Waals surface area contributed by atoms with Crippen LogP contribution in [0, 0.1) is 5.82 Å². The van der Waals surface area contributed by atoms with E-state index in [0.29, 0.717) is 18.1 Å². The second-order valence-corrected chi connectivity index (χ2v) is 6.32. The second kappa shape index (κ2) is 7.13. The molecule has 0 bridgehead atoms. The lowest BCUT2D eigenvalue weighted by molar-refractivity contribution is -0.123. The molecule has 1 aliphatic rings. The molecule has 0 saturated heterocycles. The molecule has 1 heterocycles. The Morgan fingerprint density at radius 2 is 2.00 bits per heavy atom. The van der Waals surface area contributed by atoms with Crippen molar-refractivity contribution >= 4 is 5.91 Å². The van der Waals surface area contributed by atoms with E-state index >= 15 is 0 Å². The molecule has 0 radical (unpaired) electrons. The zero-order valence-electron chi connectivity index (χ0n) is 13.4. The normalized spacial score (nSPS) is 16.2. The first kappa shape index (κ1) is 16.6. The first-order chi connectivity index (χ1) is 11.6. The maximum atomic E-state index is 12.9. The van der Waals surface area contributed by atoms with Crippen LogP contribution in [-0.4, -0.2) is 28.1 Å². The van der Waals surface area contributed by atoms with Gasteiger partial charge in [0.1, 0.15) is 5.82 Å². The third-order valence-corrected chi connectivity index (χ3v) is 4.52. The number of aliphatic hydroxyl groups excluding tert-OH is 1. The van der Waals surface area contributed by atoms with Crippen LogP contribution < -0.4 is 5.32 Å². The third kappa shape index (κ3) is 3.82. The molecule has 3 rings (SSSR count). The summed E-state index contributed by atoms with van der Waals surface area (Å²) < 4.78 is 18.6. The molecule has 2 N–H and O–H groups in total. The van der Waals surface area contributed by atoms with E-state index in [0.717, 1.165) is 31.2 Å². The second-order valence-electron chi connectivity index (χ2n) is 6.32. The largest absolute Gasteiger partial charge is 0.441 e. The fourth-order valence-electron chi connectivity index (χ4n) is 3.13. The van der Waals surface area contributed by atoms with Gasteiger partial charge in [-0.05, 0) is 37.1 Å². The topological polar surface area (TPSA) is 75.4 Å². The molecule has 1 fully saturated rings. The first-order valence-electron chi connectivity index (χ1n) is 8.23. The number of carbonyl (C=O) groups excluding carboxylic acids is 1. The highest BCUT2D eigenvalue weighted by atomic mass is 19.1. The number of halogens is 1. The molecule has 6 heteroatoms. The summed E-state index contributed by atoms with van der Waals surface area (Å²) in [7, 11) is 0. The van der Waals surface area contributed by atoms with E-state index in [9.17, 15) is 14.3 Å². The molecule has 1 aromatic carbocycles. The predicted octanol–water partition coefficient (Wildman–Crippen LogP) is 2.83. The molecule has 0 atom stereocenters. The number of carbonyl (C=O) groups is 1. The minimum atomic E-state index is -0.451. The van der Waals surface area contributed by atoms with E-state index in [1.165, 1.54) is 12.1 Å². The molecule has 24 heavy (non-hydrogen) atoms. The minimum absolute atomic E-state index is 0.0214. The van der Waals surface area contributed by atoms with E-state index in [1.54, 1.807) is 18.3 Å². The molecule has 5 nitrogen and oxygen atoms in total. The van der Waals surface area contributed by atoms with Crippen LogP contribution in [0.2, 0.25) is 0 Å². The number of hydrogen-bond donors (Lipinski definition) is 2. The van der Waals surface area contributed by atoms with Crippen LogP contribution in [0.15, 0.2) is 34.9 Å². The Labute approximate surface area is 139 Å². The Hall–Kier alpha value is -2.21. The summed E-state index contributed by atoms with van der Waals surface area (Å²) in [6, 6.07) is 5.97. The predicted molar refractivity (Wildman–Crippen MR) is 86.6 cm³/mol. The van der Waals surface area contributed by atoms with E-state index < -0.39 is 5.54 Å². The standard InChI is InChI=1S/C18H21FN2O3/c19-14-5-3-13(4-6-14)15-11-20-17(24-15)8-7-16(23)21-18(12-22)9-1-2-10-18/h3-6,11,22H,1-2,7-10,12H2,(H,21,23). The number of benzene rings is 1. The van der Waals surface area contributed by atoms with Crippen LogP contribution in [0.5, 0.6) is 0 Å². The van der Waals surface area contributed by atoms with Crippen molar-refractivity contribution < 1.29 is 18.7 Å². The zero-order valence-corrected chi connectivity index (χ0v) is 13.4. The number of amides is 1. The Morgan fingerprint density at radius 1 is 1.29 bits per heavy atom. The van der Waals surface area contributed by atoms with E-state index in [1.807, 2.05) is 0 Å². The summed E-state index contributed by atoms with van der Waals surface area (Å²) in [6.07, 6.45) is 5.92. The van der Waals surface area contributed by atoms with E-state index in [2.05, 4.69) is 10.3 Å². The molecular weight excluding hydrogens is 311 g/mol. The van der Waals surface area contributed by atoms with Crippen molar-refractivity contribution in [2.45, 2.75) is 44.1 Å². The van der Waals surface area contributed by atoms with Gasteiger partial charge < -0.3 is 14.8 Å². The number of rotatable bonds is 6. The summed E-state index contributed by atoms with van der Waals surface area (Å²) in [6.45, 7) is -0.0214. The smallest absolute Gasteiger partial charge is 0.221 e. The van der Waals surface area contributed by atoms with E-state index in [4.69, 9.17) is 4.42 Å². The molecule has 128 valence electrons. The Bertz CT molecular complexity index is 691. The van der Waals surface area contributed by atoms with Gasteiger partial charge in [-0.15, -0.1) is 0 Å².